The Kier molecular flexibility index (Phi) is 2.73. The average molecular weight is 213 g/mol. The summed E-state index contributed by atoms with van der Waals surface area (Å²) in [6.07, 6.45) is 0.632. The number of hydrogen-bond donors (Lipinski definition) is 1. The van der Waals surface area contributed by atoms with Crippen LogP contribution in [0.15, 0.2) is 0 Å². The van der Waals surface area contributed by atoms with Crippen LogP contribution in [0.25, 0.3) is 0 Å². The van der Waals surface area contributed by atoms with E-state index in [-0.39, 0.29) is 0 Å². The molecule has 2 rings (SSSR count). The first kappa shape index (κ1) is 10.9. The van der Waals surface area contributed by atoms with Gasteiger partial charge in [0.1, 0.15) is 5.54 Å². The van der Waals surface area contributed by atoms with Crippen LogP contribution in [0.4, 0.5) is 0 Å². The van der Waals surface area contributed by atoms with Crippen molar-refractivity contribution in [2.75, 3.05) is 26.3 Å². The summed E-state index contributed by atoms with van der Waals surface area (Å²) in [5, 5.41) is 9.30. The van der Waals surface area contributed by atoms with E-state index in [1.54, 1.807) is 0 Å². The first-order valence-corrected chi connectivity index (χ1v) is 5.62. The first-order chi connectivity index (χ1) is 7.06. The molecule has 4 nitrogen and oxygen atoms in total. The van der Waals surface area contributed by atoms with E-state index < -0.39 is 11.5 Å². The van der Waals surface area contributed by atoms with Crippen molar-refractivity contribution in [3.05, 3.63) is 0 Å². The van der Waals surface area contributed by atoms with E-state index in [0.717, 1.165) is 13.1 Å². The normalized spacial score (nSPS) is 33.3. The Morgan fingerprint density at radius 3 is 2.60 bits per heavy atom. The molecule has 2 heterocycles. The van der Waals surface area contributed by atoms with Crippen molar-refractivity contribution >= 4 is 5.97 Å². The molecule has 0 bridgehead atoms. The third-order valence-corrected chi connectivity index (χ3v) is 3.86. The lowest BCUT2D eigenvalue weighted by molar-refractivity contribution is -0.158. The Morgan fingerprint density at radius 1 is 1.53 bits per heavy atom. The summed E-state index contributed by atoms with van der Waals surface area (Å²) in [6.45, 7) is 7.14. The Morgan fingerprint density at radius 2 is 2.20 bits per heavy atom. The zero-order valence-electron chi connectivity index (χ0n) is 9.40. The van der Waals surface area contributed by atoms with E-state index in [9.17, 15) is 9.90 Å². The lowest BCUT2D eigenvalue weighted by Gasteiger charge is -2.49. The van der Waals surface area contributed by atoms with Gasteiger partial charge in [0.15, 0.2) is 0 Å². The van der Waals surface area contributed by atoms with E-state index in [1.165, 1.54) is 0 Å². The minimum atomic E-state index is -0.720. The number of aliphatic carboxylic acids is 1. The zero-order valence-corrected chi connectivity index (χ0v) is 9.40. The van der Waals surface area contributed by atoms with Gasteiger partial charge in [0, 0.05) is 26.1 Å². The second kappa shape index (κ2) is 3.76. The van der Waals surface area contributed by atoms with Crippen LogP contribution >= 0.6 is 0 Å². The Balaban J connectivity index is 2.00. The molecule has 1 unspecified atom stereocenters. The smallest absolute Gasteiger partial charge is 0.326 e. The molecular formula is C11H19NO3. The van der Waals surface area contributed by atoms with Gasteiger partial charge in [0.05, 0.1) is 6.61 Å². The maximum atomic E-state index is 11.3. The van der Waals surface area contributed by atoms with Crippen molar-refractivity contribution in [3.63, 3.8) is 0 Å². The number of likely N-dealkylation sites (tertiary alicyclic amines) is 1. The molecule has 4 heteroatoms. The average Bonchev–Trinajstić information content (AvgIpc) is 2.50. The van der Waals surface area contributed by atoms with Crippen LogP contribution < -0.4 is 0 Å². The molecular weight excluding hydrogens is 194 g/mol. The summed E-state index contributed by atoms with van der Waals surface area (Å²) in [5.74, 6) is 0.582. The Hall–Kier alpha value is -0.610. The van der Waals surface area contributed by atoms with Crippen LogP contribution in [-0.4, -0.2) is 47.8 Å². The molecule has 2 fully saturated rings. The molecule has 1 N–H and O–H groups in total. The fraction of sp³-hybridized carbons (Fsp3) is 0.909. The van der Waals surface area contributed by atoms with Crippen molar-refractivity contribution in [2.45, 2.75) is 25.8 Å². The zero-order chi connectivity index (χ0) is 11.1. The van der Waals surface area contributed by atoms with Crippen molar-refractivity contribution in [3.8, 4) is 0 Å². The van der Waals surface area contributed by atoms with Gasteiger partial charge < -0.3 is 9.84 Å². The van der Waals surface area contributed by atoms with E-state index >= 15 is 0 Å². The number of hydrogen-bond acceptors (Lipinski definition) is 3. The largest absolute Gasteiger partial charge is 0.480 e. The van der Waals surface area contributed by atoms with Crippen LogP contribution in [0.3, 0.4) is 0 Å². The molecule has 0 saturated carbocycles. The fourth-order valence-corrected chi connectivity index (χ4v) is 2.39. The number of carboxylic acid groups (broad SMARTS) is 1. The number of carboxylic acids is 1. The molecule has 86 valence electrons. The van der Waals surface area contributed by atoms with Gasteiger partial charge in [-0.15, -0.1) is 0 Å². The highest BCUT2D eigenvalue weighted by Crippen LogP contribution is 2.35. The molecule has 1 atom stereocenters. The van der Waals surface area contributed by atoms with Crippen LogP contribution in [0.5, 0.6) is 0 Å². The van der Waals surface area contributed by atoms with Crippen LogP contribution in [-0.2, 0) is 9.53 Å². The lowest BCUT2D eigenvalue weighted by atomic mass is 9.82. The quantitative estimate of drug-likeness (QED) is 0.754. The fourth-order valence-electron chi connectivity index (χ4n) is 2.39. The van der Waals surface area contributed by atoms with Gasteiger partial charge in [-0.3, -0.25) is 9.69 Å². The van der Waals surface area contributed by atoms with Crippen molar-refractivity contribution in [1.29, 1.82) is 0 Å². The number of nitrogens with zero attached hydrogens (tertiary/aromatic N) is 1. The molecule has 2 aliphatic rings. The molecule has 0 aromatic carbocycles. The molecule has 0 spiro atoms. The van der Waals surface area contributed by atoms with E-state index in [4.69, 9.17) is 4.74 Å². The number of carbonyl (C=O) groups is 1. The number of rotatable bonds is 3. The second-order valence-electron chi connectivity index (χ2n) is 5.05. The summed E-state index contributed by atoms with van der Waals surface area (Å²) in [6, 6.07) is 0. The highest BCUT2D eigenvalue weighted by molar-refractivity contribution is 5.79. The predicted octanol–water partition coefficient (Wildman–Crippen LogP) is 0.818. The Bertz CT molecular complexity index is 253. The van der Waals surface area contributed by atoms with Gasteiger partial charge >= 0.3 is 5.97 Å². The third-order valence-electron chi connectivity index (χ3n) is 3.86. The molecule has 0 radical (unpaired) electrons. The molecule has 2 aliphatic heterocycles. The minimum Gasteiger partial charge on any atom is -0.480 e. The summed E-state index contributed by atoms with van der Waals surface area (Å²) in [7, 11) is 0. The van der Waals surface area contributed by atoms with Gasteiger partial charge in [-0.25, -0.2) is 0 Å². The summed E-state index contributed by atoms with van der Waals surface area (Å²) < 4.78 is 5.25. The van der Waals surface area contributed by atoms with Crippen molar-refractivity contribution in [2.24, 2.45) is 11.8 Å². The molecule has 0 aromatic rings. The molecule has 0 aliphatic carbocycles. The maximum Gasteiger partial charge on any atom is 0.326 e. The molecule has 0 amide bonds. The lowest BCUT2D eigenvalue weighted by Crippen LogP contribution is -2.64. The highest BCUT2D eigenvalue weighted by Gasteiger charge is 2.52. The van der Waals surface area contributed by atoms with Crippen molar-refractivity contribution < 1.29 is 14.6 Å². The van der Waals surface area contributed by atoms with Crippen LogP contribution in [0.1, 0.15) is 20.3 Å². The SMILES string of the molecule is CC(C)C1CN(C2(C(=O)O)CCOC2)C1. The third kappa shape index (κ3) is 1.66. The van der Waals surface area contributed by atoms with Gasteiger partial charge in [-0.1, -0.05) is 13.8 Å². The van der Waals surface area contributed by atoms with E-state index in [0.29, 0.717) is 31.5 Å². The van der Waals surface area contributed by atoms with Crippen LogP contribution in [0.2, 0.25) is 0 Å². The maximum absolute atomic E-state index is 11.3. The van der Waals surface area contributed by atoms with Gasteiger partial charge in [-0.2, -0.15) is 0 Å². The molecule has 15 heavy (non-hydrogen) atoms. The summed E-state index contributed by atoms with van der Waals surface area (Å²) in [4.78, 5) is 13.4. The molecule has 2 saturated heterocycles. The van der Waals surface area contributed by atoms with Crippen LogP contribution in [0, 0.1) is 11.8 Å². The Labute approximate surface area is 90.2 Å². The van der Waals surface area contributed by atoms with Gasteiger partial charge in [-0.05, 0) is 11.8 Å². The van der Waals surface area contributed by atoms with E-state index in [1.807, 2.05) is 0 Å². The summed E-state index contributed by atoms with van der Waals surface area (Å²) >= 11 is 0. The number of ether oxygens (including phenoxy) is 1. The monoisotopic (exact) mass is 213 g/mol. The van der Waals surface area contributed by atoms with E-state index in [2.05, 4.69) is 18.7 Å². The standard InChI is InChI=1S/C11H19NO3/c1-8(2)9-5-12(6-9)11(10(13)14)3-4-15-7-11/h8-9H,3-7H2,1-2H3,(H,13,14). The van der Waals surface area contributed by atoms with Crippen molar-refractivity contribution in [1.82, 2.24) is 4.90 Å². The highest BCUT2D eigenvalue weighted by atomic mass is 16.5. The second-order valence-corrected chi connectivity index (χ2v) is 5.05. The topological polar surface area (TPSA) is 49.8 Å². The van der Waals surface area contributed by atoms with Gasteiger partial charge in [0.25, 0.3) is 0 Å². The first-order valence-electron chi connectivity index (χ1n) is 5.62. The molecule has 0 aromatic heterocycles. The minimum absolute atomic E-state index is 0.354. The summed E-state index contributed by atoms with van der Waals surface area (Å²) in [5.41, 5.74) is -0.717. The predicted molar refractivity (Wildman–Crippen MR) is 55.7 cm³/mol. The van der Waals surface area contributed by atoms with Gasteiger partial charge in [0.2, 0.25) is 0 Å².